The first kappa shape index (κ1) is 36.8. The molecule has 2 atom stereocenters. The van der Waals surface area contributed by atoms with Crippen LogP contribution in [0.15, 0.2) is 85.1 Å². The lowest BCUT2D eigenvalue weighted by Crippen LogP contribution is -2.38. The Kier molecular flexibility index (Phi) is 16.8. The smallest absolute Gasteiger partial charge is 0.174 e. The van der Waals surface area contributed by atoms with Crippen LogP contribution in [0.25, 0.3) is 5.76 Å². The first-order valence-electron chi connectivity index (χ1n) is 13.8. The number of allylic oxidation sites excluding steroid dienone is 1. The van der Waals surface area contributed by atoms with Gasteiger partial charge in [-0.1, -0.05) is 108 Å². The van der Waals surface area contributed by atoms with Crippen LogP contribution in [-0.2, 0) is 19.7 Å². The van der Waals surface area contributed by atoms with Gasteiger partial charge in [-0.05, 0) is 51.2 Å². The predicted molar refractivity (Wildman–Crippen MR) is 171 cm³/mol. The van der Waals surface area contributed by atoms with Crippen molar-refractivity contribution in [1.82, 2.24) is 5.32 Å². The van der Waals surface area contributed by atoms with E-state index in [2.05, 4.69) is 44.8 Å². The summed E-state index contributed by atoms with van der Waals surface area (Å²) in [4.78, 5) is 9.44. The fourth-order valence-corrected chi connectivity index (χ4v) is 3.31. The number of hydrogen-bond acceptors (Lipinski definition) is 6. The van der Waals surface area contributed by atoms with E-state index in [0.29, 0.717) is 5.76 Å². The van der Waals surface area contributed by atoms with Crippen molar-refractivity contribution in [3.63, 3.8) is 0 Å². The molecule has 0 bridgehead atoms. The second-order valence-corrected chi connectivity index (χ2v) is 10.8. The van der Waals surface area contributed by atoms with E-state index in [-0.39, 0.29) is 18.7 Å². The standard InChI is InChI=1S/C19H23NO.C10H17NO2.C3H6O.C2H6.H2/c1-14(15-8-6-5-7-9-15)21-18(20)16-10-12-17(13-11-16)19(2,3)4;1-10(2,12)11-8-4-6-9(13-3)7-5-8;1-3(2)4;1-2;/h5-13,18H,1,20H2,2-4H3;4-6,9,11-12H,7H2,1-3H3;1-2H3;1-2H3;1H. The van der Waals surface area contributed by atoms with E-state index in [1.54, 1.807) is 21.0 Å². The Bertz CT molecular complexity index is 1060. The van der Waals surface area contributed by atoms with Crippen molar-refractivity contribution in [3.05, 3.63) is 102 Å². The molecule has 0 spiro atoms. The van der Waals surface area contributed by atoms with Gasteiger partial charge in [0.15, 0.2) is 6.23 Å². The minimum absolute atomic E-state index is 0. The normalized spacial score (nSPS) is 14.9. The number of ketones is 1. The zero-order valence-corrected chi connectivity index (χ0v) is 26.2. The molecule has 0 amide bonds. The van der Waals surface area contributed by atoms with Gasteiger partial charge in [0.2, 0.25) is 0 Å². The van der Waals surface area contributed by atoms with Gasteiger partial charge in [0.05, 0.1) is 6.10 Å². The Hall–Kier alpha value is -3.19. The number of carbonyl (C=O) groups excluding carboxylic acids is 1. The molecule has 1 aliphatic rings. The van der Waals surface area contributed by atoms with Crippen LogP contribution in [0.4, 0.5) is 0 Å². The number of aliphatic hydroxyl groups is 1. The van der Waals surface area contributed by atoms with Crippen LogP contribution in [0.5, 0.6) is 0 Å². The van der Waals surface area contributed by atoms with Gasteiger partial charge in [0.1, 0.15) is 17.3 Å². The summed E-state index contributed by atoms with van der Waals surface area (Å²) < 4.78 is 10.9. The summed E-state index contributed by atoms with van der Waals surface area (Å²) in [6, 6.07) is 18.0. The maximum atomic E-state index is 9.48. The highest BCUT2D eigenvalue weighted by molar-refractivity contribution is 5.72. The zero-order valence-electron chi connectivity index (χ0n) is 26.2. The molecule has 2 unspecified atom stereocenters. The van der Waals surface area contributed by atoms with E-state index in [4.69, 9.17) is 15.2 Å². The molecule has 224 valence electrons. The largest absolute Gasteiger partial charge is 0.471 e. The number of Topliss-reactive ketones (excluding diaryl/α,β-unsaturated/α-hetero) is 1. The van der Waals surface area contributed by atoms with Crippen molar-refractivity contribution in [3.8, 4) is 0 Å². The molecule has 2 aromatic rings. The summed E-state index contributed by atoms with van der Waals surface area (Å²) in [5.41, 5.74) is 9.49. The van der Waals surface area contributed by atoms with Gasteiger partial charge in [-0.3, -0.25) is 5.73 Å². The number of nitrogens with one attached hydrogen (secondary N) is 1. The highest BCUT2D eigenvalue weighted by Gasteiger charge is 2.16. The summed E-state index contributed by atoms with van der Waals surface area (Å²) in [7, 11) is 1.69. The average Bonchev–Trinajstić information content (AvgIpc) is 2.89. The summed E-state index contributed by atoms with van der Waals surface area (Å²) in [6.45, 7) is 21.0. The molecule has 0 saturated carbocycles. The molecule has 0 fully saturated rings. The molecule has 0 saturated heterocycles. The minimum atomic E-state index is -0.865. The highest BCUT2D eigenvalue weighted by atomic mass is 16.5. The molecule has 6 nitrogen and oxygen atoms in total. The molecular weight excluding hydrogens is 500 g/mol. The number of hydrogen-bond donors (Lipinski definition) is 3. The van der Waals surface area contributed by atoms with Crippen molar-refractivity contribution >= 4 is 11.5 Å². The van der Waals surface area contributed by atoms with E-state index in [1.165, 1.54) is 19.4 Å². The quantitative estimate of drug-likeness (QED) is 0.240. The van der Waals surface area contributed by atoms with Gasteiger partial charge in [-0.25, -0.2) is 0 Å². The third kappa shape index (κ3) is 16.0. The predicted octanol–water partition coefficient (Wildman–Crippen LogP) is 7.66. The SMILES string of the molecule is C=C(OC(N)c1ccc(C(C)(C)C)cc1)c1ccccc1.CC.CC(C)=O.COC1C=CC(NC(C)(C)O)=CC1.[HH]. The Balaban J connectivity index is 0. The maximum Gasteiger partial charge on any atom is 0.174 e. The van der Waals surface area contributed by atoms with Crippen LogP contribution in [0.3, 0.4) is 0 Å². The number of benzene rings is 2. The fourth-order valence-electron chi connectivity index (χ4n) is 3.31. The van der Waals surface area contributed by atoms with Gasteiger partial charge in [0, 0.05) is 25.4 Å². The van der Waals surface area contributed by atoms with E-state index >= 15 is 0 Å². The molecule has 0 heterocycles. The molecular formula is C34H54N2O4. The Labute approximate surface area is 244 Å². The van der Waals surface area contributed by atoms with Crippen LogP contribution in [0.1, 0.15) is 93.1 Å². The van der Waals surface area contributed by atoms with Crippen LogP contribution in [0, 0.1) is 0 Å². The molecule has 0 aliphatic heterocycles. The first-order valence-corrected chi connectivity index (χ1v) is 13.8. The molecule has 3 rings (SSSR count). The fraction of sp³-hybridized carbons (Fsp3) is 0.441. The molecule has 0 aromatic heterocycles. The first-order chi connectivity index (χ1) is 18.6. The Morgan fingerprint density at radius 2 is 1.57 bits per heavy atom. The molecule has 1 aliphatic carbocycles. The van der Waals surface area contributed by atoms with Crippen LogP contribution in [0.2, 0.25) is 0 Å². The number of nitrogens with two attached hydrogens (primary N) is 1. The van der Waals surface area contributed by atoms with E-state index in [9.17, 15) is 9.90 Å². The Morgan fingerprint density at radius 3 is 1.98 bits per heavy atom. The van der Waals surface area contributed by atoms with Crippen molar-refractivity contribution in [1.29, 1.82) is 0 Å². The second-order valence-electron chi connectivity index (χ2n) is 10.8. The molecule has 0 radical (unpaired) electrons. The van der Waals surface area contributed by atoms with Gasteiger partial charge >= 0.3 is 0 Å². The van der Waals surface area contributed by atoms with E-state index in [1.807, 2.05) is 74.5 Å². The van der Waals surface area contributed by atoms with Gasteiger partial charge in [0.25, 0.3) is 0 Å². The summed E-state index contributed by atoms with van der Waals surface area (Å²) >= 11 is 0. The summed E-state index contributed by atoms with van der Waals surface area (Å²) in [6.07, 6.45) is 6.44. The number of methoxy groups -OCH3 is 1. The number of rotatable bonds is 7. The van der Waals surface area contributed by atoms with Crippen molar-refractivity contribution in [2.24, 2.45) is 5.73 Å². The topological polar surface area (TPSA) is 93.8 Å². The third-order valence-electron chi connectivity index (χ3n) is 5.28. The lowest BCUT2D eigenvalue weighted by molar-refractivity contribution is -0.115. The van der Waals surface area contributed by atoms with Crippen molar-refractivity contribution in [2.75, 3.05) is 7.11 Å². The minimum Gasteiger partial charge on any atom is -0.471 e. The molecule has 2 aromatic carbocycles. The lowest BCUT2D eigenvalue weighted by atomic mass is 9.86. The lowest BCUT2D eigenvalue weighted by Gasteiger charge is -2.24. The maximum absolute atomic E-state index is 9.48. The molecule has 4 N–H and O–H groups in total. The van der Waals surface area contributed by atoms with Crippen LogP contribution in [-0.4, -0.2) is 29.8 Å². The van der Waals surface area contributed by atoms with E-state index < -0.39 is 12.0 Å². The number of ether oxygens (including phenoxy) is 2. The summed E-state index contributed by atoms with van der Waals surface area (Å²) in [5, 5.41) is 12.5. The van der Waals surface area contributed by atoms with Crippen LogP contribution >= 0.6 is 0 Å². The molecule has 6 heteroatoms. The molecule has 40 heavy (non-hydrogen) atoms. The highest BCUT2D eigenvalue weighted by Crippen LogP contribution is 2.25. The third-order valence-corrected chi connectivity index (χ3v) is 5.28. The van der Waals surface area contributed by atoms with Gasteiger partial charge in [-0.15, -0.1) is 0 Å². The number of carbonyl (C=O) groups is 1. The van der Waals surface area contributed by atoms with Gasteiger partial charge in [-0.2, -0.15) is 0 Å². The zero-order chi connectivity index (χ0) is 30.9. The van der Waals surface area contributed by atoms with E-state index in [0.717, 1.165) is 23.2 Å². The Morgan fingerprint density at radius 1 is 1.05 bits per heavy atom. The van der Waals surface area contributed by atoms with Crippen molar-refractivity contribution < 1.29 is 20.8 Å². The van der Waals surface area contributed by atoms with Gasteiger partial charge < -0.3 is 24.7 Å². The van der Waals surface area contributed by atoms with Crippen LogP contribution < -0.4 is 11.1 Å². The van der Waals surface area contributed by atoms with Crippen molar-refractivity contribution in [2.45, 2.75) is 92.2 Å². The second kappa shape index (κ2) is 18.2. The average molecular weight is 555 g/mol. The monoisotopic (exact) mass is 554 g/mol. The summed E-state index contributed by atoms with van der Waals surface area (Å²) in [5.74, 6) is 0.753.